The predicted octanol–water partition coefficient (Wildman–Crippen LogP) is 16.2. The molecule has 0 saturated heterocycles. The molecular formula is C61H42N2. The van der Waals surface area contributed by atoms with Crippen molar-refractivity contribution in [3.8, 4) is 78.4 Å². The first-order valence-corrected chi connectivity index (χ1v) is 21.8. The molecular weight excluding hydrogens is 761 g/mol. The van der Waals surface area contributed by atoms with Crippen molar-refractivity contribution in [1.29, 1.82) is 0 Å². The Bertz CT molecular complexity index is 3550. The average Bonchev–Trinajstić information content (AvgIpc) is 3.58. The average molecular weight is 803 g/mol. The van der Waals surface area contributed by atoms with Gasteiger partial charge in [-0.2, -0.15) is 0 Å². The monoisotopic (exact) mass is 802 g/mol. The molecule has 2 heteroatoms. The first-order chi connectivity index (χ1) is 31.0. The van der Waals surface area contributed by atoms with Gasteiger partial charge in [0.15, 0.2) is 5.82 Å². The van der Waals surface area contributed by atoms with Gasteiger partial charge in [0, 0.05) is 22.1 Å². The van der Waals surface area contributed by atoms with Crippen LogP contribution in [-0.4, -0.2) is 9.97 Å². The highest BCUT2D eigenvalue weighted by Gasteiger charge is 2.35. The van der Waals surface area contributed by atoms with E-state index in [0.29, 0.717) is 0 Å². The van der Waals surface area contributed by atoms with Crippen molar-refractivity contribution in [2.24, 2.45) is 0 Å². The highest BCUT2D eigenvalue weighted by Crippen LogP contribution is 2.49. The van der Waals surface area contributed by atoms with Gasteiger partial charge >= 0.3 is 0 Å². The zero-order valence-corrected chi connectivity index (χ0v) is 35.2. The van der Waals surface area contributed by atoms with Gasteiger partial charge in [-0.05, 0) is 106 Å². The molecule has 0 amide bonds. The van der Waals surface area contributed by atoms with Gasteiger partial charge in [0.2, 0.25) is 0 Å². The number of hydrogen-bond acceptors (Lipinski definition) is 2. The Labute approximate surface area is 367 Å². The van der Waals surface area contributed by atoms with Crippen molar-refractivity contribution in [2.45, 2.75) is 19.3 Å². The van der Waals surface area contributed by atoms with Crippen molar-refractivity contribution in [3.63, 3.8) is 0 Å². The van der Waals surface area contributed by atoms with Crippen molar-refractivity contribution in [3.05, 3.63) is 230 Å². The van der Waals surface area contributed by atoms with E-state index in [2.05, 4.69) is 214 Å². The van der Waals surface area contributed by atoms with E-state index in [1.165, 1.54) is 82.4 Å². The largest absolute Gasteiger partial charge is 0.228 e. The summed E-state index contributed by atoms with van der Waals surface area (Å²) >= 11 is 0. The smallest absolute Gasteiger partial charge is 0.160 e. The molecule has 1 aromatic heterocycles. The third kappa shape index (κ3) is 6.25. The summed E-state index contributed by atoms with van der Waals surface area (Å²) in [5, 5.41) is 7.65. The molecule has 0 fully saturated rings. The Morgan fingerprint density at radius 2 is 0.825 bits per heavy atom. The van der Waals surface area contributed by atoms with E-state index in [4.69, 9.17) is 9.97 Å². The van der Waals surface area contributed by atoms with Crippen LogP contribution in [0.15, 0.2) is 218 Å². The third-order valence-electron chi connectivity index (χ3n) is 13.3. The number of aromatic nitrogens is 2. The molecule has 0 bridgehead atoms. The molecule has 0 unspecified atom stereocenters. The molecule has 11 aromatic rings. The third-order valence-corrected chi connectivity index (χ3v) is 13.3. The molecule has 296 valence electrons. The normalized spacial score (nSPS) is 12.7. The first kappa shape index (κ1) is 36.9. The summed E-state index contributed by atoms with van der Waals surface area (Å²) in [7, 11) is 0. The molecule has 1 heterocycles. The molecule has 63 heavy (non-hydrogen) atoms. The van der Waals surface area contributed by atoms with E-state index in [0.717, 1.165) is 39.5 Å². The zero-order chi connectivity index (χ0) is 42.1. The van der Waals surface area contributed by atoms with Crippen LogP contribution >= 0.6 is 0 Å². The van der Waals surface area contributed by atoms with Crippen LogP contribution in [0.4, 0.5) is 0 Å². The van der Waals surface area contributed by atoms with Crippen molar-refractivity contribution in [1.82, 2.24) is 9.97 Å². The van der Waals surface area contributed by atoms with E-state index in [-0.39, 0.29) is 5.41 Å². The van der Waals surface area contributed by atoms with E-state index in [9.17, 15) is 0 Å². The molecule has 0 atom stereocenters. The molecule has 0 saturated carbocycles. The van der Waals surface area contributed by atoms with Gasteiger partial charge in [-0.1, -0.05) is 214 Å². The lowest BCUT2D eigenvalue weighted by Crippen LogP contribution is -2.14. The summed E-state index contributed by atoms with van der Waals surface area (Å²) in [4.78, 5) is 10.3. The fourth-order valence-corrected chi connectivity index (χ4v) is 9.99. The van der Waals surface area contributed by atoms with Gasteiger partial charge < -0.3 is 0 Å². The quantitative estimate of drug-likeness (QED) is 0.124. The fraction of sp³-hybridized carbons (Fsp3) is 0.0492. The van der Waals surface area contributed by atoms with Gasteiger partial charge in [0.05, 0.1) is 11.4 Å². The SMILES string of the molecule is CC1(C)c2ccccc2-c2cc(-c3cc(-c4ccc(-c5ccc(-c6ccc(-c7c8ccccc8cc8c7ccc7ccccc78)cc6)cc5)cc4)nc(-c4ccccc4)n3)ccc21. The standard InChI is InChI=1S/C61H42N2/c1-61(2)55-19-11-10-18-51(55)54-37-48(33-35-56(54)61)58-38-57(62-60(63-58)46-13-4-3-5-14-46)44-28-24-41(25-29-44)39-20-22-40(23-21-39)42-26-30-45(31-27-42)59-50-17-9-7-15-47(50)36-53-49-16-8-6-12-43(49)32-34-52(53)59/h3-38H,1-2H3. The maximum atomic E-state index is 5.16. The van der Waals surface area contributed by atoms with Crippen molar-refractivity contribution < 1.29 is 0 Å². The maximum Gasteiger partial charge on any atom is 0.160 e. The molecule has 1 aliphatic rings. The Hall–Kier alpha value is -7.94. The molecule has 10 aromatic carbocycles. The summed E-state index contributed by atoms with van der Waals surface area (Å²) in [6.07, 6.45) is 0. The number of benzene rings is 10. The van der Waals surface area contributed by atoms with Gasteiger partial charge in [-0.3, -0.25) is 0 Å². The van der Waals surface area contributed by atoms with Crippen LogP contribution in [0.5, 0.6) is 0 Å². The number of rotatable bonds is 6. The van der Waals surface area contributed by atoms with Gasteiger partial charge in [0.25, 0.3) is 0 Å². The second-order valence-corrected chi connectivity index (χ2v) is 17.3. The molecule has 12 rings (SSSR count). The summed E-state index contributed by atoms with van der Waals surface area (Å²) in [5.41, 5.74) is 17.4. The van der Waals surface area contributed by atoms with E-state index in [1.807, 2.05) is 18.2 Å². The van der Waals surface area contributed by atoms with Crippen LogP contribution in [0, 0.1) is 0 Å². The van der Waals surface area contributed by atoms with Crippen molar-refractivity contribution in [2.75, 3.05) is 0 Å². The van der Waals surface area contributed by atoms with Gasteiger partial charge in [-0.25, -0.2) is 9.97 Å². The molecule has 0 spiro atoms. The van der Waals surface area contributed by atoms with Crippen LogP contribution in [-0.2, 0) is 5.41 Å². The Balaban J connectivity index is 0.847. The Morgan fingerprint density at radius 3 is 1.52 bits per heavy atom. The van der Waals surface area contributed by atoms with Gasteiger partial charge in [0.1, 0.15) is 0 Å². The van der Waals surface area contributed by atoms with E-state index < -0.39 is 0 Å². The zero-order valence-electron chi connectivity index (χ0n) is 35.2. The Morgan fingerprint density at radius 1 is 0.302 bits per heavy atom. The number of fused-ring (bicyclic) bond motifs is 7. The minimum absolute atomic E-state index is 0.0462. The minimum Gasteiger partial charge on any atom is -0.228 e. The second kappa shape index (κ2) is 14.6. The number of hydrogen-bond donors (Lipinski definition) is 0. The minimum atomic E-state index is -0.0462. The second-order valence-electron chi connectivity index (χ2n) is 17.3. The summed E-state index contributed by atoms with van der Waals surface area (Å²) in [5.74, 6) is 0.719. The molecule has 1 aliphatic carbocycles. The van der Waals surface area contributed by atoms with Gasteiger partial charge in [-0.15, -0.1) is 0 Å². The van der Waals surface area contributed by atoms with E-state index in [1.54, 1.807) is 0 Å². The van der Waals surface area contributed by atoms with Crippen LogP contribution in [0.2, 0.25) is 0 Å². The predicted molar refractivity (Wildman–Crippen MR) is 265 cm³/mol. The first-order valence-electron chi connectivity index (χ1n) is 21.8. The Kier molecular flexibility index (Phi) is 8.55. The molecule has 0 aliphatic heterocycles. The highest BCUT2D eigenvalue weighted by atomic mass is 14.9. The molecule has 2 nitrogen and oxygen atoms in total. The van der Waals surface area contributed by atoms with Crippen LogP contribution in [0.25, 0.3) is 111 Å². The lowest BCUT2D eigenvalue weighted by Gasteiger charge is -2.21. The van der Waals surface area contributed by atoms with Crippen molar-refractivity contribution >= 4 is 32.3 Å². The summed E-state index contributed by atoms with van der Waals surface area (Å²) in [6, 6.07) is 79.2. The van der Waals surface area contributed by atoms with E-state index >= 15 is 0 Å². The maximum absolute atomic E-state index is 5.16. The highest BCUT2D eigenvalue weighted by molar-refractivity contribution is 6.20. The summed E-state index contributed by atoms with van der Waals surface area (Å²) in [6.45, 7) is 4.64. The lowest BCUT2D eigenvalue weighted by molar-refractivity contribution is 0.660. The molecule has 0 radical (unpaired) electrons. The van der Waals surface area contributed by atoms with Crippen LogP contribution in [0.3, 0.4) is 0 Å². The number of nitrogens with zero attached hydrogens (tertiary/aromatic N) is 2. The summed E-state index contributed by atoms with van der Waals surface area (Å²) < 4.78 is 0. The fourth-order valence-electron chi connectivity index (χ4n) is 9.99. The van der Waals surface area contributed by atoms with Crippen LogP contribution < -0.4 is 0 Å². The topological polar surface area (TPSA) is 25.8 Å². The lowest BCUT2D eigenvalue weighted by atomic mass is 9.82. The molecule has 0 N–H and O–H groups in total. The van der Waals surface area contributed by atoms with Crippen LogP contribution in [0.1, 0.15) is 25.0 Å².